The van der Waals surface area contributed by atoms with Gasteiger partial charge in [-0.1, -0.05) is 0 Å². The second-order valence-corrected chi connectivity index (χ2v) is 4.39. The number of hydrogen-bond acceptors (Lipinski definition) is 2. The molecular weight excluding hydrogens is 194 g/mol. The van der Waals surface area contributed by atoms with Crippen LogP contribution in [0.3, 0.4) is 0 Å². The van der Waals surface area contributed by atoms with Crippen LogP contribution in [0.1, 0.15) is 19.8 Å². The number of halogens is 1. The van der Waals surface area contributed by atoms with Gasteiger partial charge in [-0.05, 0) is 19.6 Å². The fraction of sp³-hybridized carbons (Fsp3) is 0.875. The summed E-state index contributed by atoms with van der Waals surface area (Å²) in [5, 5.41) is 2.96. The van der Waals surface area contributed by atoms with Crippen LogP contribution < -0.4 is 5.32 Å². The third-order valence-corrected chi connectivity index (χ3v) is 2.23. The fourth-order valence-electron chi connectivity index (χ4n) is 0.694. The standard InChI is InChI=1S/C8H16ClNOS/c1-7(9)3-5-10-8(11)4-6-12-2/h7H,3-6H2,1-2H3,(H,10,11). The van der Waals surface area contributed by atoms with Crippen molar-refractivity contribution in [3.8, 4) is 0 Å². The number of hydrogen-bond donors (Lipinski definition) is 1. The van der Waals surface area contributed by atoms with Crippen molar-refractivity contribution in [3.05, 3.63) is 0 Å². The second-order valence-electron chi connectivity index (χ2n) is 2.66. The van der Waals surface area contributed by atoms with Crippen molar-refractivity contribution in [2.45, 2.75) is 25.1 Å². The molecule has 1 atom stereocenters. The smallest absolute Gasteiger partial charge is 0.220 e. The van der Waals surface area contributed by atoms with Crippen LogP contribution in [0.4, 0.5) is 0 Å². The lowest BCUT2D eigenvalue weighted by Gasteiger charge is -2.04. The molecule has 0 aromatic heterocycles. The summed E-state index contributed by atoms with van der Waals surface area (Å²) in [6.07, 6.45) is 3.44. The minimum atomic E-state index is 0.127. The summed E-state index contributed by atoms with van der Waals surface area (Å²) in [5.74, 6) is 1.02. The molecule has 0 rings (SSSR count). The Labute approximate surface area is 83.4 Å². The van der Waals surface area contributed by atoms with Crippen LogP contribution in [0, 0.1) is 0 Å². The van der Waals surface area contributed by atoms with Crippen molar-refractivity contribution in [1.29, 1.82) is 0 Å². The maximum Gasteiger partial charge on any atom is 0.220 e. The van der Waals surface area contributed by atoms with E-state index < -0.39 is 0 Å². The predicted molar refractivity (Wildman–Crippen MR) is 55.9 cm³/mol. The van der Waals surface area contributed by atoms with Gasteiger partial charge in [-0.25, -0.2) is 0 Å². The highest BCUT2D eigenvalue weighted by molar-refractivity contribution is 7.98. The van der Waals surface area contributed by atoms with E-state index in [1.54, 1.807) is 11.8 Å². The van der Waals surface area contributed by atoms with Gasteiger partial charge in [0, 0.05) is 24.1 Å². The Bertz CT molecular complexity index is 130. The lowest BCUT2D eigenvalue weighted by atomic mass is 10.3. The molecule has 0 aromatic carbocycles. The maximum absolute atomic E-state index is 11.0. The molecule has 0 heterocycles. The maximum atomic E-state index is 11.0. The minimum Gasteiger partial charge on any atom is -0.356 e. The average Bonchev–Trinajstić information content (AvgIpc) is 2.00. The third-order valence-electron chi connectivity index (χ3n) is 1.40. The summed E-state index contributed by atoms with van der Waals surface area (Å²) in [6.45, 7) is 2.62. The summed E-state index contributed by atoms with van der Waals surface area (Å²) in [7, 11) is 0. The highest BCUT2D eigenvalue weighted by Gasteiger charge is 2.00. The van der Waals surface area contributed by atoms with Crippen LogP contribution in [0.15, 0.2) is 0 Å². The Balaban J connectivity index is 3.20. The molecular formula is C8H16ClNOS. The number of rotatable bonds is 6. The van der Waals surface area contributed by atoms with Gasteiger partial charge in [0.25, 0.3) is 0 Å². The van der Waals surface area contributed by atoms with Crippen LogP contribution in [0.25, 0.3) is 0 Å². The Morgan fingerprint density at radius 3 is 2.83 bits per heavy atom. The first-order valence-electron chi connectivity index (χ1n) is 4.06. The Morgan fingerprint density at radius 1 is 1.67 bits per heavy atom. The highest BCUT2D eigenvalue weighted by atomic mass is 35.5. The Kier molecular flexibility index (Phi) is 7.81. The molecule has 0 bridgehead atoms. The summed E-state index contributed by atoms with van der Waals surface area (Å²) in [6, 6.07) is 0. The molecule has 0 radical (unpaired) electrons. The monoisotopic (exact) mass is 209 g/mol. The van der Waals surface area contributed by atoms with Gasteiger partial charge in [0.15, 0.2) is 0 Å². The first-order chi connectivity index (χ1) is 5.66. The number of carbonyl (C=O) groups is 1. The molecule has 0 aromatic rings. The van der Waals surface area contributed by atoms with Gasteiger partial charge in [-0.3, -0.25) is 4.79 Å². The first kappa shape index (κ1) is 12.1. The quantitative estimate of drug-likeness (QED) is 0.677. The zero-order valence-corrected chi connectivity index (χ0v) is 9.17. The van der Waals surface area contributed by atoms with Crippen molar-refractivity contribution in [2.75, 3.05) is 18.6 Å². The Morgan fingerprint density at radius 2 is 2.33 bits per heavy atom. The van der Waals surface area contributed by atoms with E-state index in [-0.39, 0.29) is 11.3 Å². The van der Waals surface area contributed by atoms with Crippen LogP contribution >= 0.6 is 23.4 Å². The number of thioether (sulfide) groups is 1. The molecule has 4 heteroatoms. The largest absolute Gasteiger partial charge is 0.356 e. The molecule has 1 amide bonds. The van der Waals surface area contributed by atoms with E-state index in [1.807, 2.05) is 13.2 Å². The summed E-state index contributed by atoms with van der Waals surface area (Å²) in [4.78, 5) is 11.0. The molecule has 12 heavy (non-hydrogen) atoms. The Hall–Kier alpha value is 0.110. The molecule has 1 unspecified atom stereocenters. The van der Waals surface area contributed by atoms with E-state index in [2.05, 4.69) is 5.32 Å². The molecule has 0 spiro atoms. The van der Waals surface area contributed by atoms with Crippen LogP contribution in [0.2, 0.25) is 0 Å². The van der Waals surface area contributed by atoms with Gasteiger partial charge in [-0.15, -0.1) is 11.6 Å². The van der Waals surface area contributed by atoms with E-state index in [0.717, 1.165) is 12.2 Å². The minimum absolute atomic E-state index is 0.127. The van der Waals surface area contributed by atoms with Crippen LogP contribution in [-0.4, -0.2) is 29.8 Å². The van der Waals surface area contributed by atoms with Gasteiger partial charge < -0.3 is 5.32 Å². The number of nitrogens with one attached hydrogen (secondary N) is 1. The molecule has 0 aliphatic carbocycles. The van der Waals surface area contributed by atoms with Crippen molar-refractivity contribution >= 4 is 29.3 Å². The molecule has 0 saturated carbocycles. The topological polar surface area (TPSA) is 29.1 Å². The SMILES string of the molecule is CSCCC(=O)NCCC(C)Cl. The molecule has 0 aliphatic heterocycles. The van der Waals surface area contributed by atoms with Crippen molar-refractivity contribution in [1.82, 2.24) is 5.32 Å². The molecule has 72 valence electrons. The zero-order valence-electron chi connectivity index (χ0n) is 7.60. The van der Waals surface area contributed by atoms with Crippen molar-refractivity contribution in [3.63, 3.8) is 0 Å². The van der Waals surface area contributed by atoms with Gasteiger partial charge in [0.05, 0.1) is 0 Å². The number of carbonyl (C=O) groups excluding carboxylic acids is 1. The van der Waals surface area contributed by atoms with Crippen LogP contribution in [0.5, 0.6) is 0 Å². The predicted octanol–water partition coefficient (Wildman–Crippen LogP) is 1.87. The second kappa shape index (κ2) is 7.74. The van der Waals surface area contributed by atoms with E-state index in [9.17, 15) is 4.79 Å². The molecule has 2 nitrogen and oxygen atoms in total. The summed E-state index contributed by atoms with van der Waals surface area (Å²) in [5.41, 5.74) is 0. The van der Waals surface area contributed by atoms with E-state index in [1.165, 1.54) is 0 Å². The molecule has 0 saturated heterocycles. The van der Waals surface area contributed by atoms with E-state index in [0.29, 0.717) is 13.0 Å². The lowest BCUT2D eigenvalue weighted by Crippen LogP contribution is -2.25. The zero-order chi connectivity index (χ0) is 9.40. The average molecular weight is 210 g/mol. The van der Waals surface area contributed by atoms with Gasteiger partial charge in [0.1, 0.15) is 0 Å². The van der Waals surface area contributed by atoms with Gasteiger partial charge in [0.2, 0.25) is 5.91 Å². The van der Waals surface area contributed by atoms with E-state index >= 15 is 0 Å². The number of alkyl halides is 1. The first-order valence-corrected chi connectivity index (χ1v) is 5.89. The summed E-state index contributed by atoms with van der Waals surface area (Å²) >= 11 is 7.39. The fourth-order valence-corrected chi connectivity index (χ4v) is 1.19. The normalized spacial score (nSPS) is 12.6. The summed E-state index contributed by atoms with van der Waals surface area (Å²) < 4.78 is 0. The highest BCUT2D eigenvalue weighted by Crippen LogP contribution is 1.98. The lowest BCUT2D eigenvalue weighted by molar-refractivity contribution is -0.120. The molecule has 0 aliphatic rings. The third kappa shape index (κ3) is 8.21. The van der Waals surface area contributed by atoms with Gasteiger partial charge in [-0.2, -0.15) is 11.8 Å². The number of amides is 1. The van der Waals surface area contributed by atoms with Crippen molar-refractivity contribution in [2.24, 2.45) is 0 Å². The van der Waals surface area contributed by atoms with Gasteiger partial charge >= 0.3 is 0 Å². The molecule has 1 N–H and O–H groups in total. The molecule has 0 fully saturated rings. The van der Waals surface area contributed by atoms with Crippen LogP contribution in [-0.2, 0) is 4.79 Å². The van der Waals surface area contributed by atoms with E-state index in [4.69, 9.17) is 11.6 Å². The van der Waals surface area contributed by atoms with Crippen molar-refractivity contribution < 1.29 is 4.79 Å².